The van der Waals surface area contributed by atoms with Crippen molar-refractivity contribution in [3.05, 3.63) is 11.6 Å². The molecule has 0 saturated heterocycles. The van der Waals surface area contributed by atoms with E-state index in [4.69, 9.17) is 9.84 Å². The monoisotopic (exact) mass is 355 g/mol. The Labute approximate surface area is 155 Å². The molecule has 0 rings (SSSR count). The summed E-state index contributed by atoms with van der Waals surface area (Å²) >= 11 is 0. The van der Waals surface area contributed by atoms with E-state index in [1.165, 1.54) is 64.2 Å². The highest BCUT2D eigenvalue weighted by atomic mass is 16.5. The largest absolute Gasteiger partial charge is 0.394 e. The number of ether oxygens (including phenoxy) is 1. The lowest BCUT2D eigenvalue weighted by atomic mass is 10.0. The summed E-state index contributed by atoms with van der Waals surface area (Å²) in [5.41, 5.74) is 0.724. The molecule has 0 saturated carbocycles. The SMILES string of the molecule is CCCCCCCCCCCCCC=C(C)C(=O)NC(CO)COC. The van der Waals surface area contributed by atoms with Crippen LogP contribution in [-0.2, 0) is 9.53 Å². The lowest BCUT2D eigenvalue weighted by Gasteiger charge is -2.15. The Morgan fingerprint density at radius 3 is 2.00 bits per heavy atom. The molecule has 0 bridgehead atoms. The van der Waals surface area contributed by atoms with Crippen LogP contribution in [-0.4, -0.2) is 37.4 Å². The minimum Gasteiger partial charge on any atom is -0.394 e. The summed E-state index contributed by atoms with van der Waals surface area (Å²) in [6, 6.07) is -0.331. The third-order valence-corrected chi connectivity index (χ3v) is 4.54. The van der Waals surface area contributed by atoms with Crippen molar-refractivity contribution >= 4 is 5.91 Å². The van der Waals surface area contributed by atoms with Gasteiger partial charge in [0.2, 0.25) is 5.91 Å². The molecule has 0 aliphatic carbocycles. The van der Waals surface area contributed by atoms with Crippen molar-refractivity contribution in [2.45, 2.75) is 96.9 Å². The molecular formula is C21H41NO3. The summed E-state index contributed by atoms with van der Waals surface area (Å²) in [7, 11) is 1.56. The van der Waals surface area contributed by atoms with Gasteiger partial charge in [-0.05, 0) is 19.8 Å². The first kappa shape index (κ1) is 24.1. The molecule has 0 heterocycles. The van der Waals surface area contributed by atoms with Crippen LogP contribution in [0.25, 0.3) is 0 Å². The van der Waals surface area contributed by atoms with Gasteiger partial charge in [-0.1, -0.05) is 77.2 Å². The molecule has 4 nitrogen and oxygen atoms in total. The minimum absolute atomic E-state index is 0.106. The number of allylic oxidation sites excluding steroid dienone is 1. The van der Waals surface area contributed by atoms with Crippen LogP contribution < -0.4 is 5.32 Å². The normalized spacial score (nSPS) is 13.0. The zero-order chi connectivity index (χ0) is 18.8. The van der Waals surface area contributed by atoms with E-state index in [2.05, 4.69) is 12.2 Å². The zero-order valence-electron chi connectivity index (χ0n) is 16.8. The van der Waals surface area contributed by atoms with Crippen molar-refractivity contribution < 1.29 is 14.6 Å². The molecule has 0 aliphatic heterocycles. The van der Waals surface area contributed by atoms with Gasteiger partial charge in [0.25, 0.3) is 0 Å². The number of hydrogen-bond acceptors (Lipinski definition) is 3. The number of carbonyl (C=O) groups excluding carboxylic acids is 1. The first-order valence-electron chi connectivity index (χ1n) is 10.2. The van der Waals surface area contributed by atoms with Crippen molar-refractivity contribution in [3.8, 4) is 0 Å². The Morgan fingerprint density at radius 2 is 1.52 bits per heavy atom. The van der Waals surface area contributed by atoms with Crippen molar-refractivity contribution in [2.75, 3.05) is 20.3 Å². The average molecular weight is 356 g/mol. The van der Waals surface area contributed by atoms with Crippen LogP contribution in [0.3, 0.4) is 0 Å². The molecule has 0 aliphatic rings. The van der Waals surface area contributed by atoms with E-state index >= 15 is 0 Å². The lowest BCUT2D eigenvalue weighted by Crippen LogP contribution is -2.40. The molecule has 0 fully saturated rings. The van der Waals surface area contributed by atoms with Crippen LogP contribution in [0, 0.1) is 0 Å². The topological polar surface area (TPSA) is 58.6 Å². The second kappa shape index (κ2) is 17.9. The summed E-state index contributed by atoms with van der Waals surface area (Å²) < 4.78 is 4.96. The third-order valence-electron chi connectivity index (χ3n) is 4.54. The van der Waals surface area contributed by atoms with E-state index in [1.807, 2.05) is 13.0 Å². The predicted octanol–water partition coefficient (Wildman–Crippen LogP) is 4.76. The van der Waals surface area contributed by atoms with Crippen LogP contribution >= 0.6 is 0 Å². The number of unbranched alkanes of at least 4 members (excludes halogenated alkanes) is 11. The van der Waals surface area contributed by atoms with Gasteiger partial charge >= 0.3 is 0 Å². The number of aliphatic hydroxyl groups is 1. The minimum atomic E-state index is -0.331. The first-order chi connectivity index (χ1) is 12.2. The average Bonchev–Trinajstić information content (AvgIpc) is 2.61. The standard InChI is InChI=1S/C21H41NO3/c1-4-5-6-7-8-9-10-11-12-13-14-15-16-19(2)21(24)22-20(17-23)18-25-3/h16,20,23H,4-15,17-18H2,1-3H3,(H,22,24). The van der Waals surface area contributed by atoms with Gasteiger partial charge in [0.15, 0.2) is 0 Å². The summed E-state index contributed by atoms with van der Waals surface area (Å²) in [6.45, 7) is 4.31. The molecule has 0 radical (unpaired) electrons. The molecule has 0 spiro atoms. The highest BCUT2D eigenvalue weighted by Gasteiger charge is 2.11. The van der Waals surface area contributed by atoms with Gasteiger partial charge in [-0.3, -0.25) is 4.79 Å². The summed E-state index contributed by atoms with van der Waals surface area (Å²) in [4.78, 5) is 12.0. The van der Waals surface area contributed by atoms with Gasteiger partial charge < -0.3 is 15.2 Å². The Kier molecular flexibility index (Phi) is 17.3. The quantitative estimate of drug-likeness (QED) is 0.292. The Bertz CT molecular complexity index is 342. The first-order valence-corrected chi connectivity index (χ1v) is 10.2. The number of aliphatic hydroxyl groups excluding tert-OH is 1. The fourth-order valence-electron chi connectivity index (χ4n) is 2.86. The van der Waals surface area contributed by atoms with Crippen LogP contribution in [0.15, 0.2) is 11.6 Å². The van der Waals surface area contributed by atoms with Crippen molar-refractivity contribution in [2.24, 2.45) is 0 Å². The second-order valence-electron chi connectivity index (χ2n) is 7.02. The molecule has 0 aromatic heterocycles. The highest BCUT2D eigenvalue weighted by Crippen LogP contribution is 2.12. The number of amides is 1. The fraction of sp³-hybridized carbons (Fsp3) is 0.857. The summed E-state index contributed by atoms with van der Waals surface area (Å²) in [5.74, 6) is -0.112. The molecule has 0 aromatic rings. The van der Waals surface area contributed by atoms with Crippen LogP contribution in [0.1, 0.15) is 90.9 Å². The third kappa shape index (κ3) is 15.1. The molecule has 25 heavy (non-hydrogen) atoms. The Hall–Kier alpha value is -0.870. The summed E-state index contributed by atoms with van der Waals surface area (Å²) in [6.07, 6.45) is 17.6. The Morgan fingerprint density at radius 1 is 1.00 bits per heavy atom. The number of nitrogens with one attached hydrogen (secondary N) is 1. The maximum Gasteiger partial charge on any atom is 0.246 e. The smallest absolute Gasteiger partial charge is 0.246 e. The number of rotatable bonds is 17. The van der Waals surface area contributed by atoms with E-state index in [1.54, 1.807) is 7.11 Å². The van der Waals surface area contributed by atoms with Gasteiger partial charge in [0, 0.05) is 12.7 Å². The maximum absolute atomic E-state index is 12.0. The number of hydrogen-bond donors (Lipinski definition) is 2. The molecule has 1 unspecified atom stereocenters. The van der Waals surface area contributed by atoms with E-state index in [-0.39, 0.29) is 18.6 Å². The van der Waals surface area contributed by atoms with Crippen molar-refractivity contribution in [1.82, 2.24) is 5.32 Å². The van der Waals surface area contributed by atoms with Crippen LogP contribution in [0.2, 0.25) is 0 Å². The molecule has 1 amide bonds. The van der Waals surface area contributed by atoms with E-state index in [0.29, 0.717) is 6.61 Å². The molecule has 1 atom stereocenters. The number of methoxy groups -OCH3 is 1. The van der Waals surface area contributed by atoms with Gasteiger partial charge in [0.1, 0.15) is 0 Å². The second-order valence-corrected chi connectivity index (χ2v) is 7.02. The highest BCUT2D eigenvalue weighted by molar-refractivity contribution is 5.92. The fourth-order valence-corrected chi connectivity index (χ4v) is 2.86. The Balaban J connectivity index is 3.58. The van der Waals surface area contributed by atoms with Gasteiger partial charge in [0.05, 0.1) is 19.3 Å². The predicted molar refractivity (Wildman–Crippen MR) is 106 cm³/mol. The van der Waals surface area contributed by atoms with Gasteiger partial charge in [-0.2, -0.15) is 0 Å². The number of carbonyl (C=O) groups is 1. The molecule has 4 heteroatoms. The van der Waals surface area contributed by atoms with Gasteiger partial charge in [-0.25, -0.2) is 0 Å². The zero-order valence-corrected chi connectivity index (χ0v) is 16.8. The van der Waals surface area contributed by atoms with Crippen molar-refractivity contribution in [3.63, 3.8) is 0 Å². The lowest BCUT2D eigenvalue weighted by molar-refractivity contribution is -0.118. The maximum atomic E-state index is 12.0. The van der Waals surface area contributed by atoms with Crippen molar-refractivity contribution in [1.29, 1.82) is 0 Å². The van der Waals surface area contributed by atoms with Crippen LogP contribution in [0.4, 0.5) is 0 Å². The summed E-state index contributed by atoms with van der Waals surface area (Å²) in [5, 5.41) is 11.9. The van der Waals surface area contributed by atoms with E-state index < -0.39 is 0 Å². The van der Waals surface area contributed by atoms with Gasteiger partial charge in [-0.15, -0.1) is 0 Å². The molecular weight excluding hydrogens is 314 g/mol. The van der Waals surface area contributed by atoms with E-state index in [9.17, 15) is 4.79 Å². The molecule has 2 N–H and O–H groups in total. The molecule has 148 valence electrons. The molecule has 0 aromatic carbocycles. The van der Waals surface area contributed by atoms with Crippen LogP contribution in [0.5, 0.6) is 0 Å². The van der Waals surface area contributed by atoms with E-state index in [0.717, 1.165) is 18.4 Å².